The second-order valence-corrected chi connectivity index (χ2v) is 7.73. The Hall–Kier alpha value is -2.77. The van der Waals surface area contributed by atoms with E-state index in [1.54, 1.807) is 21.3 Å². The number of ether oxygens (including phenoxy) is 4. The number of hydrogen-bond donors (Lipinski definition) is 2. The molecule has 7 heteroatoms. The van der Waals surface area contributed by atoms with Gasteiger partial charge >= 0.3 is 0 Å². The number of hydrogen-bond acceptors (Lipinski definition) is 5. The number of benzene rings is 2. The molecule has 1 heterocycles. The van der Waals surface area contributed by atoms with E-state index in [9.17, 15) is 0 Å². The summed E-state index contributed by atoms with van der Waals surface area (Å²) in [6.07, 6.45) is 3.11. The number of nitrogens with one attached hydrogen (secondary N) is 2. The third-order valence-corrected chi connectivity index (χ3v) is 5.48. The maximum absolute atomic E-state index is 6.04. The van der Waals surface area contributed by atoms with Gasteiger partial charge in [0.05, 0.1) is 26.9 Å². The van der Waals surface area contributed by atoms with Crippen LogP contribution in [0, 0.1) is 0 Å². The molecule has 0 spiro atoms. The zero-order valence-electron chi connectivity index (χ0n) is 19.4. The monoisotopic (exact) mass is 441 g/mol. The molecule has 0 aromatic heterocycles. The van der Waals surface area contributed by atoms with Crippen molar-refractivity contribution in [2.75, 3.05) is 41.0 Å². The van der Waals surface area contributed by atoms with Crippen molar-refractivity contribution in [1.29, 1.82) is 0 Å². The second kappa shape index (κ2) is 12.9. The fraction of sp³-hybridized carbons (Fsp3) is 0.480. The van der Waals surface area contributed by atoms with Crippen molar-refractivity contribution in [3.63, 3.8) is 0 Å². The van der Waals surface area contributed by atoms with Gasteiger partial charge in [0.25, 0.3) is 0 Å². The Morgan fingerprint density at radius 1 is 0.969 bits per heavy atom. The molecule has 1 aliphatic heterocycles. The van der Waals surface area contributed by atoms with Crippen LogP contribution in [-0.2, 0) is 29.0 Å². The molecule has 0 unspecified atom stereocenters. The number of aliphatic imine (C=N–C) groups is 1. The molecule has 0 radical (unpaired) electrons. The first-order valence-electron chi connectivity index (χ1n) is 11.1. The smallest absolute Gasteiger partial charge is 0.191 e. The van der Waals surface area contributed by atoms with E-state index in [0.29, 0.717) is 19.3 Å². The van der Waals surface area contributed by atoms with Crippen molar-refractivity contribution in [2.45, 2.75) is 38.5 Å². The Bertz CT molecular complexity index is 866. The predicted molar refractivity (Wildman–Crippen MR) is 127 cm³/mol. The number of rotatable bonds is 10. The zero-order chi connectivity index (χ0) is 22.6. The minimum atomic E-state index is 0.305. The van der Waals surface area contributed by atoms with E-state index in [1.165, 1.54) is 16.7 Å². The maximum Gasteiger partial charge on any atom is 0.191 e. The highest BCUT2D eigenvalue weighted by molar-refractivity contribution is 5.79. The first-order chi connectivity index (χ1) is 15.7. The molecule has 1 saturated heterocycles. The summed E-state index contributed by atoms with van der Waals surface area (Å²) in [5.41, 5.74) is 3.55. The van der Waals surface area contributed by atoms with Crippen LogP contribution in [-0.4, -0.2) is 53.1 Å². The minimum Gasteiger partial charge on any atom is -0.493 e. The standard InChI is InChI=1S/C25H35N3O4/c1-26-25(27-12-9-19-7-8-23(29-2)24(16-19)30-3)28-17-20-5-4-6-21(15-20)18-32-22-10-13-31-14-11-22/h4-8,15-16,22H,9-14,17-18H2,1-3H3,(H2,26,27,28). The topological polar surface area (TPSA) is 73.3 Å². The SMILES string of the molecule is CN=C(NCCc1ccc(OC)c(OC)c1)NCc1cccc(COC2CCOCC2)c1. The largest absolute Gasteiger partial charge is 0.493 e. The van der Waals surface area contributed by atoms with E-state index in [2.05, 4.69) is 39.9 Å². The van der Waals surface area contributed by atoms with Crippen molar-refractivity contribution in [1.82, 2.24) is 10.6 Å². The van der Waals surface area contributed by atoms with Crippen LogP contribution in [0.5, 0.6) is 11.5 Å². The van der Waals surface area contributed by atoms with Gasteiger partial charge in [-0.05, 0) is 48.1 Å². The van der Waals surface area contributed by atoms with Gasteiger partial charge in [-0.15, -0.1) is 0 Å². The van der Waals surface area contributed by atoms with Crippen LogP contribution in [0.4, 0.5) is 0 Å². The van der Waals surface area contributed by atoms with Gasteiger partial charge in [0.15, 0.2) is 17.5 Å². The lowest BCUT2D eigenvalue weighted by atomic mass is 10.1. The number of guanidine groups is 1. The maximum atomic E-state index is 6.04. The molecule has 0 saturated carbocycles. The fourth-order valence-electron chi connectivity index (χ4n) is 3.65. The van der Waals surface area contributed by atoms with Gasteiger partial charge in [-0.2, -0.15) is 0 Å². The van der Waals surface area contributed by atoms with Crippen LogP contribution >= 0.6 is 0 Å². The summed E-state index contributed by atoms with van der Waals surface area (Å²) < 4.78 is 22.1. The molecular weight excluding hydrogens is 406 g/mol. The summed E-state index contributed by atoms with van der Waals surface area (Å²) in [6, 6.07) is 14.5. The van der Waals surface area contributed by atoms with Crippen LogP contribution in [0.25, 0.3) is 0 Å². The zero-order valence-corrected chi connectivity index (χ0v) is 19.4. The Balaban J connectivity index is 1.43. The molecule has 3 rings (SSSR count). The van der Waals surface area contributed by atoms with Gasteiger partial charge in [0, 0.05) is 33.4 Å². The van der Waals surface area contributed by atoms with Crippen molar-refractivity contribution < 1.29 is 18.9 Å². The summed E-state index contributed by atoms with van der Waals surface area (Å²) in [5, 5.41) is 6.75. The molecule has 174 valence electrons. The van der Waals surface area contributed by atoms with Crippen LogP contribution in [0.1, 0.15) is 29.5 Å². The fourth-order valence-corrected chi connectivity index (χ4v) is 3.65. The summed E-state index contributed by atoms with van der Waals surface area (Å²) in [4.78, 5) is 4.33. The van der Waals surface area contributed by atoms with E-state index < -0.39 is 0 Å². The summed E-state index contributed by atoms with van der Waals surface area (Å²) in [6.45, 7) is 3.69. The van der Waals surface area contributed by atoms with Gasteiger partial charge in [-0.25, -0.2) is 0 Å². The van der Waals surface area contributed by atoms with Gasteiger partial charge in [-0.3, -0.25) is 4.99 Å². The Labute approximate surface area is 191 Å². The predicted octanol–water partition coefficient (Wildman–Crippen LogP) is 3.31. The highest BCUT2D eigenvalue weighted by Gasteiger charge is 2.14. The Morgan fingerprint density at radius 2 is 1.75 bits per heavy atom. The minimum absolute atomic E-state index is 0.305. The molecule has 1 fully saturated rings. The van der Waals surface area contributed by atoms with E-state index in [1.807, 2.05) is 18.2 Å². The molecule has 2 aromatic carbocycles. The lowest BCUT2D eigenvalue weighted by molar-refractivity contribution is -0.0390. The summed E-state index contributed by atoms with van der Waals surface area (Å²) in [7, 11) is 5.07. The van der Waals surface area contributed by atoms with Crippen LogP contribution in [0.15, 0.2) is 47.5 Å². The molecular formula is C25H35N3O4. The lowest BCUT2D eigenvalue weighted by Crippen LogP contribution is -2.37. The van der Waals surface area contributed by atoms with E-state index in [0.717, 1.165) is 56.5 Å². The van der Waals surface area contributed by atoms with E-state index in [-0.39, 0.29) is 0 Å². The summed E-state index contributed by atoms with van der Waals surface area (Å²) in [5.74, 6) is 2.25. The molecule has 2 aromatic rings. The van der Waals surface area contributed by atoms with Gasteiger partial charge in [-0.1, -0.05) is 30.3 Å². The molecule has 32 heavy (non-hydrogen) atoms. The van der Waals surface area contributed by atoms with Gasteiger partial charge in [0.2, 0.25) is 0 Å². The second-order valence-electron chi connectivity index (χ2n) is 7.73. The van der Waals surface area contributed by atoms with Crippen LogP contribution in [0.2, 0.25) is 0 Å². The molecule has 7 nitrogen and oxygen atoms in total. The quantitative estimate of drug-likeness (QED) is 0.435. The molecule has 1 aliphatic rings. The molecule has 0 amide bonds. The third-order valence-electron chi connectivity index (χ3n) is 5.48. The van der Waals surface area contributed by atoms with Crippen molar-refractivity contribution in [3.8, 4) is 11.5 Å². The Kier molecular flexibility index (Phi) is 9.65. The number of nitrogens with zero attached hydrogens (tertiary/aromatic N) is 1. The van der Waals surface area contributed by atoms with Crippen LogP contribution in [0.3, 0.4) is 0 Å². The first-order valence-corrected chi connectivity index (χ1v) is 11.1. The highest BCUT2D eigenvalue weighted by atomic mass is 16.5. The third kappa shape index (κ3) is 7.43. The lowest BCUT2D eigenvalue weighted by Gasteiger charge is -2.22. The van der Waals surface area contributed by atoms with Gasteiger partial charge < -0.3 is 29.6 Å². The summed E-state index contributed by atoms with van der Waals surface area (Å²) >= 11 is 0. The van der Waals surface area contributed by atoms with E-state index in [4.69, 9.17) is 18.9 Å². The molecule has 0 bridgehead atoms. The highest BCUT2D eigenvalue weighted by Crippen LogP contribution is 2.27. The van der Waals surface area contributed by atoms with E-state index >= 15 is 0 Å². The average Bonchev–Trinajstić information content (AvgIpc) is 2.85. The van der Waals surface area contributed by atoms with Crippen molar-refractivity contribution in [3.05, 3.63) is 59.2 Å². The number of methoxy groups -OCH3 is 2. The molecule has 2 N–H and O–H groups in total. The average molecular weight is 442 g/mol. The Morgan fingerprint density at radius 3 is 2.50 bits per heavy atom. The molecule has 0 aliphatic carbocycles. The van der Waals surface area contributed by atoms with Crippen molar-refractivity contribution >= 4 is 5.96 Å². The molecule has 0 atom stereocenters. The van der Waals surface area contributed by atoms with Gasteiger partial charge in [0.1, 0.15) is 0 Å². The van der Waals surface area contributed by atoms with Crippen molar-refractivity contribution in [2.24, 2.45) is 4.99 Å². The normalized spacial score (nSPS) is 14.8. The van der Waals surface area contributed by atoms with Crippen LogP contribution < -0.4 is 20.1 Å². The first kappa shape index (κ1) is 23.9.